The average molecular weight is 234 g/mol. The summed E-state index contributed by atoms with van der Waals surface area (Å²) in [5.74, 6) is 0.669. The number of nitrogens with zero attached hydrogens (tertiary/aromatic N) is 2. The first-order chi connectivity index (χ1) is 7.69. The molecule has 0 fully saturated rings. The minimum atomic E-state index is 0.414. The highest BCUT2D eigenvalue weighted by Gasteiger charge is 2.04. The average Bonchev–Trinajstić information content (AvgIpc) is 2.28. The van der Waals surface area contributed by atoms with Crippen molar-refractivity contribution in [1.29, 1.82) is 0 Å². The Labute approximate surface area is 99.3 Å². The second kappa shape index (κ2) is 4.60. The van der Waals surface area contributed by atoms with Gasteiger partial charge >= 0.3 is 0 Å². The fourth-order valence-electron chi connectivity index (χ4n) is 1.49. The van der Waals surface area contributed by atoms with Crippen LogP contribution in [-0.2, 0) is 6.54 Å². The van der Waals surface area contributed by atoms with Gasteiger partial charge in [0, 0.05) is 22.8 Å². The highest BCUT2D eigenvalue weighted by molar-refractivity contribution is 6.30. The van der Waals surface area contributed by atoms with Gasteiger partial charge in [-0.1, -0.05) is 23.7 Å². The third kappa shape index (κ3) is 2.38. The highest BCUT2D eigenvalue weighted by atomic mass is 35.5. The summed E-state index contributed by atoms with van der Waals surface area (Å²) < 4.78 is 0. The molecule has 2 N–H and O–H groups in total. The van der Waals surface area contributed by atoms with Crippen LogP contribution in [0.15, 0.2) is 30.3 Å². The van der Waals surface area contributed by atoms with Crippen LogP contribution in [0.25, 0.3) is 11.4 Å². The topological polar surface area (TPSA) is 51.8 Å². The Morgan fingerprint density at radius 1 is 1.25 bits per heavy atom. The predicted octanol–water partition coefficient (Wildman–Crippen LogP) is 2.56. The van der Waals surface area contributed by atoms with E-state index in [1.807, 2.05) is 37.3 Å². The molecular weight excluding hydrogens is 222 g/mol. The van der Waals surface area contributed by atoms with Gasteiger partial charge in [0.1, 0.15) is 0 Å². The summed E-state index contributed by atoms with van der Waals surface area (Å²) in [6, 6.07) is 9.36. The van der Waals surface area contributed by atoms with E-state index >= 15 is 0 Å². The van der Waals surface area contributed by atoms with E-state index in [0.29, 0.717) is 17.4 Å². The van der Waals surface area contributed by atoms with Crippen molar-refractivity contribution in [3.63, 3.8) is 0 Å². The molecule has 0 radical (unpaired) electrons. The third-order valence-corrected chi connectivity index (χ3v) is 2.43. The monoisotopic (exact) mass is 233 g/mol. The van der Waals surface area contributed by atoms with Crippen molar-refractivity contribution in [3.8, 4) is 11.4 Å². The van der Waals surface area contributed by atoms with Crippen LogP contribution in [0.2, 0.25) is 5.02 Å². The minimum absolute atomic E-state index is 0.414. The molecule has 3 nitrogen and oxygen atoms in total. The van der Waals surface area contributed by atoms with Crippen molar-refractivity contribution in [1.82, 2.24) is 9.97 Å². The molecule has 4 heteroatoms. The molecule has 1 heterocycles. The van der Waals surface area contributed by atoms with Crippen molar-refractivity contribution in [2.45, 2.75) is 13.5 Å². The molecule has 0 unspecified atom stereocenters. The standard InChI is InChI=1S/C12H12ClN3/c1-8-5-11(7-14)16-12(15-8)9-3-2-4-10(13)6-9/h2-6H,7,14H2,1H3. The van der Waals surface area contributed by atoms with E-state index < -0.39 is 0 Å². The maximum atomic E-state index is 5.93. The van der Waals surface area contributed by atoms with Crippen LogP contribution in [0.4, 0.5) is 0 Å². The Kier molecular flexibility index (Phi) is 3.17. The summed E-state index contributed by atoms with van der Waals surface area (Å²) in [5, 5.41) is 0.678. The first-order valence-corrected chi connectivity index (χ1v) is 5.37. The van der Waals surface area contributed by atoms with Gasteiger partial charge in [-0.15, -0.1) is 0 Å². The zero-order valence-electron chi connectivity index (χ0n) is 8.94. The summed E-state index contributed by atoms with van der Waals surface area (Å²) in [6.07, 6.45) is 0. The zero-order chi connectivity index (χ0) is 11.5. The van der Waals surface area contributed by atoms with E-state index in [2.05, 4.69) is 9.97 Å². The number of hydrogen-bond acceptors (Lipinski definition) is 3. The lowest BCUT2D eigenvalue weighted by atomic mass is 10.2. The number of benzene rings is 1. The second-order valence-electron chi connectivity index (χ2n) is 3.54. The molecule has 0 amide bonds. The van der Waals surface area contributed by atoms with E-state index in [1.54, 1.807) is 0 Å². The molecule has 0 spiro atoms. The molecular formula is C12H12ClN3. The summed E-state index contributed by atoms with van der Waals surface area (Å²) >= 11 is 5.93. The fraction of sp³-hybridized carbons (Fsp3) is 0.167. The highest BCUT2D eigenvalue weighted by Crippen LogP contribution is 2.19. The van der Waals surface area contributed by atoms with Gasteiger partial charge in [-0.2, -0.15) is 0 Å². The second-order valence-corrected chi connectivity index (χ2v) is 3.98. The van der Waals surface area contributed by atoms with Gasteiger partial charge in [-0.05, 0) is 25.1 Å². The van der Waals surface area contributed by atoms with Gasteiger partial charge in [0.25, 0.3) is 0 Å². The minimum Gasteiger partial charge on any atom is -0.325 e. The Balaban J connectivity index is 2.51. The molecule has 0 aliphatic rings. The van der Waals surface area contributed by atoms with Crippen LogP contribution >= 0.6 is 11.6 Å². The van der Waals surface area contributed by atoms with Crippen molar-refractivity contribution in [2.24, 2.45) is 5.73 Å². The number of nitrogens with two attached hydrogens (primary N) is 1. The van der Waals surface area contributed by atoms with Crippen molar-refractivity contribution >= 4 is 11.6 Å². The van der Waals surface area contributed by atoms with E-state index in [0.717, 1.165) is 17.0 Å². The molecule has 16 heavy (non-hydrogen) atoms. The maximum Gasteiger partial charge on any atom is 0.159 e. The van der Waals surface area contributed by atoms with Gasteiger partial charge in [0.05, 0.1) is 5.69 Å². The number of hydrogen-bond donors (Lipinski definition) is 1. The Morgan fingerprint density at radius 3 is 2.75 bits per heavy atom. The van der Waals surface area contributed by atoms with E-state index in [4.69, 9.17) is 17.3 Å². The molecule has 1 aromatic carbocycles. The normalized spacial score (nSPS) is 10.4. The fourth-order valence-corrected chi connectivity index (χ4v) is 1.69. The third-order valence-electron chi connectivity index (χ3n) is 2.20. The molecule has 0 bridgehead atoms. The van der Waals surface area contributed by atoms with E-state index in [1.165, 1.54) is 0 Å². The molecule has 82 valence electrons. The number of rotatable bonds is 2. The largest absolute Gasteiger partial charge is 0.325 e. The SMILES string of the molecule is Cc1cc(CN)nc(-c2cccc(Cl)c2)n1. The quantitative estimate of drug-likeness (QED) is 0.868. The summed E-state index contributed by atoms with van der Waals surface area (Å²) in [4.78, 5) is 8.74. The first-order valence-electron chi connectivity index (χ1n) is 4.99. The lowest BCUT2D eigenvalue weighted by Crippen LogP contribution is -2.03. The van der Waals surface area contributed by atoms with Crippen LogP contribution in [0, 0.1) is 6.92 Å². The maximum absolute atomic E-state index is 5.93. The van der Waals surface area contributed by atoms with Crippen LogP contribution in [0.3, 0.4) is 0 Å². The number of halogens is 1. The molecule has 1 aromatic heterocycles. The van der Waals surface area contributed by atoms with Gasteiger partial charge in [0.2, 0.25) is 0 Å². The van der Waals surface area contributed by atoms with Gasteiger partial charge in [-0.3, -0.25) is 0 Å². The lowest BCUT2D eigenvalue weighted by molar-refractivity contribution is 0.953. The van der Waals surface area contributed by atoms with Crippen molar-refractivity contribution < 1.29 is 0 Å². The first kappa shape index (κ1) is 11.0. The van der Waals surface area contributed by atoms with E-state index in [-0.39, 0.29) is 0 Å². The van der Waals surface area contributed by atoms with Crippen molar-refractivity contribution in [3.05, 3.63) is 46.7 Å². The van der Waals surface area contributed by atoms with Crippen LogP contribution in [0.1, 0.15) is 11.4 Å². The summed E-state index contributed by atoms with van der Waals surface area (Å²) in [6.45, 7) is 2.34. The molecule has 0 aliphatic carbocycles. The van der Waals surface area contributed by atoms with Crippen LogP contribution < -0.4 is 5.73 Å². The molecule has 0 aliphatic heterocycles. The number of aryl methyl sites for hydroxylation is 1. The molecule has 2 aromatic rings. The Morgan fingerprint density at radius 2 is 2.06 bits per heavy atom. The smallest absolute Gasteiger partial charge is 0.159 e. The molecule has 0 saturated heterocycles. The predicted molar refractivity (Wildman–Crippen MR) is 65.1 cm³/mol. The lowest BCUT2D eigenvalue weighted by Gasteiger charge is -2.04. The Bertz CT molecular complexity index is 511. The summed E-state index contributed by atoms with van der Waals surface area (Å²) in [5.41, 5.74) is 8.23. The van der Waals surface area contributed by atoms with Crippen LogP contribution in [0.5, 0.6) is 0 Å². The van der Waals surface area contributed by atoms with Gasteiger partial charge in [0.15, 0.2) is 5.82 Å². The van der Waals surface area contributed by atoms with E-state index in [9.17, 15) is 0 Å². The number of aromatic nitrogens is 2. The molecule has 2 rings (SSSR count). The van der Waals surface area contributed by atoms with Crippen molar-refractivity contribution in [2.75, 3.05) is 0 Å². The van der Waals surface area contributed by atoms with Gasteiger partial charge < -0.3 is 5.73 Å². The zero-order valence-corrected chi connectivity index (χ0v) is 9.70. The van der Waals surface area contributed by atoms with Crippen LogP contribution in [-0.4, -0.2) is 9.97 Å². The Hall–Kier alpha value is -1.45. The molecule has 0 saturated carbocycles. The summed E-state index contributed by atoms with van der Waals surface area (Å²) in [7, 11) is 0. The molecule has 0 atom stereocenters. The van der Waals surface area contributed by atoms with Gasteiger partial charge in [-0.25, -0.2) is 9.97 Å².